The lowest BCUT2D eigenvalue weighted by atomic mass is 9.73. The molecule has 0 heterocycles. The summed E-state index contributed by atoms with van der Waals surface area (Å²) in [5, 5.41) is 13.7. The van der Waals surface area contributed by atoms with Crippen LogP contribution in [0.25, 0.3) is 0 Å². The van der Waals surface area contributed by atoms with E-state index in [9.17, 15) is 5.11 Å². The standard InChI is InChI=1S/C16H25NO/c1-16(2)11-7-6-10-15(16)17-12-14(18)13-8-4-3-5-9-13/h3-5,8-9,14-15,17-18H,6-7,10-12H2,1-2H3. The second-order valence-corrected chi connectivity index (χ2v) is 6.12. The number of hydrogen-bond acceptors (Lipinski definition) is 2. The molecule has 2 atom stereocenters. The molecule has 0 bridgehead atoms. The van der Waals surface area contributed by atoms with E-state index in [4.69, 9.17) is 0 Å². The maximum absolute atomic E-state index is 10.2. The predicted molar refractivity (Wildman–Crippen MR) is 75.4 cm³/mol. The molecule has 0 amide bonds. The van der Waals surface area contributed by atoms with Gasteiger partial charge in [-0.3, -0.25) is 0 Å². The number of benzene rings is 1. The van der Waals surface area contributed by atoms with Crippen LogP contribution in [-0.4, -0.2) is 17.7 Å². The molecule has 0 saturated heterocycles. The second-order valence-electron chi connectivity index (χ2n) is 6.12. The van der Waals surface area contributed by atoms with Gasteiger partial charge >= 0.3 is 0 Å². The SMILES string of the molecule is CC1(C)CCCCC1NCC(O)c1ccccc1. The van der Waals surface area contributed by atoms with Crippen LogP contribution < -0.4 is 5.32 Å². The van der Waals surface area contributed by atoms with Gasteiger partial charge in [0.2, 0.25) is 0 Å². The zero-order valence-electron chi connectivity index (χ0n) is 11.5. The molecular formula is C16H25NO. The maximum Gasteiger partial charge on any atom is 0.0914 e. The Balaban J connectivity index is 1.87. The van der Waals surface area contributed by atoms with Crippen molar-refractivity contribution in [2.75, 3.05) is 6.54 Å². The molecule has 1 saturated carbocycles. The van der Waals surface area contributed by atoms with E-state index in [1.165, 1.54) is 25.7 Å². The number of rotatable bonds is 4. The summed E-state index contributed by atoms with van der Waals surface area (Å²) in [5.74, 6) is 0. The highest BCUT2D eigenvalue weighted by atomic mass is 16.3. The van der Waals surface area contributed by atoms with Gasteiger partial charge in [0.25, 0.3) is 0 Å². The normalized spacial score (nSPS) is 24.7. The molecule has 18 heavy (non-hydrogen) atoms. The molecule has 100 valence electrons. The molecule has 2 nitrogen and oxygen atoms in total. The Morgan fingerprint density at radius 2 is 2.00 bits per heavy atom. The van der Waals surface area contributed by atoms with Crippen molar-refractivity contribution in [1.29, 1.82) is 0 Å². The lowest BCUT2D eigenvalue weighted by Gasteiger charge is -2.39. The van der Waals surface area contributed by atoms with Gasteiger partial charge in [0.05, 0.1) is 6.10 Å². The van der Waals surface area contributed by atoms with Gasteiger partial charge in [-0.05, 0) is 23.8 Å². The minimum Gasteiger partial charge on any atom is -0.387 e. The van der Waals surface area contributed by atoms with Gasteiger partial charge in [-0.2, -0.15) is 0 Å². The van der Waals surface area contributed by atoms with E-state index in [-0.39, 0.29) is 0 Å². The second kappa shape index (κ2) is 5.85. The van der Waals surface area contributed by atoms with Gasteiger partial charge < -0.3 is 10.4 Å². The third-order valence-corrected chi connectivity index (χ3v) is 4.25. The van der Waals surface area contributed by atoms with Gasteiger partial charge in [0, 0.05) is 12.6 Å². The Labute approximate surface area is 110 Å². The lowest BCUT2D eigenvalue weighted by Crippen LogP contribution is -2.45. The van der Waals surface area contributed by atoms with Crippen LogP contribution in [0.3, 0.4) is 0 Å². The fourth-order valence-electron chi connectivity index (χ4n) is 2.92. The van der Waals surface area contributed by atoms with Crippen LogP contribution in [0.2, 0.25) is 0 Å². The van der Waals surface area contributed by atoms with Crippen molar-refractivity contribution in [3.8, 4) is 0 Å². The molecule has 1 aromatic carbocycles. The Morgan fingerprint density at radius 3 is 2.67 bits per heavy atom. The van der Waals surface area contributed by atoms with Crippen molar-refractivity contribution in [1.82, 2.24) is 5.32 Å². The zero-order chi connectivity index (χ0) is 13.0. The van der Waals surface area contributed by atoms with E-state index in [1.807, 2.05) is 30.3 Å². The van der Waals surface area contributed by atoms with E-state index >= 15 is 0 Å². The molecule has 2 N–H and O–H groups in total. The van der Waals surface area contributed by atoms with E-state index in [0.29, 0.717) is 18.0 Å². The smallest absolute Gasteiger partial charge is 0.0914 e. The molecule has 1 aromatic rings. The first kappa shape index (κ1) is 13.6. The van der Waals surface area contributed by atoms with Crippen molar-refractivity contribution < 1.29 is 5.11 Å². The number of aliphatic hydroxyl groups is 1. The van der Waals surface area contributed by atoms with Crippen LogP contribution >= 0.6 is 0 Å². The highest BCUT2D eigenvalue weighted by Gasteiger charge is 2.31. The van der Waals surface area contributed by atoms with Gasteiger partial charge in [-0.1, -0.05) is 57.0 Å². The Kier molecular flexibility index (Phi) is 4.41. The summed E-state index contributed by atoms with van der Waals surface area (Å²) >= 11 is 0. The van der Waals surface area contributed by atoms with Crippen molar-refractivity contribution >= 4 is 0 Å². The molecule has 0 spiro atoms. The minimum atomic E-state index is -0.399. The topological polar surface area (TPSA) is 32.3 Å². The molecule has 2 unspecified atom stereocenters. The van der Waals surface area contributed by atoms with E-state index in [0.717, 1.165) is 5.56 Å². The average Bonchev–Trinajstić information content (AvgIpc) is 2.38. The van der Waals surface area contributed by atoms with Gasteiger partial charge in [-0.25, -0.2) is 0 Å². The summed E-state index contributed by atoms with van der Waals surface area (Å²) in [4.78, 5) is 0. The molecule has 0 radical (unpaired) electrons. The van der Waals surface area contributed by atoms with Crippen molar-refractivity contribution in [2.45, 2.75) is 51.7 Å². The molecule has 0 aromatic heterocycles. The molecule has 1 fully saturated rings. The van der Waals surface area contributed by atoms with E-state index in [2.05, 4.69) is 19.2 Å². The zero-order valence-corrected chi connectivity index (χ0v) is 11.5. The number of hydrogen-bond donors (Lipinski definition) is 2. The summed E-state index contributed by atoms with van der Waals surface area (Å²) in [7, 11) is 0. The third kappa shape index (κ3) is 3.33. The molecule has 1 aliphatic carbocycles. The van der Waals surface area contributed by atoms with Crippen molar-refractivity contribution in [3.05, 3.63) is 35.9 Å². The van der Waals surface area contributed by atoms with Crippen LogP contribution in [0.1, 0.15) is 51.2 Å². The summed E-state index contributed by atoms with van der Waals surface area (Å²) in [6.07, 6.45) is 4.76. The largest absolute Gasteiger partial charge is 0.387 e. The maximum atomic E-state index is 10.2. The summed E-state index contributed by atoms with van der Waals surface area (Å²) in [6, 6.07) is 10.4. The first-order valence-electron chi connectivity index (χ1n) is 7.06. The number of nitrogens with one attached hydrogen (secondary N) is 1. The summed E-state index contributed by atoms with van der Waals surface area (Å²) in [6.45, 7) is 5.32. The van der Waals surface area contributed by atoms with Crippen LogP contribution in [0.15, 0.2) is 30.3 Å². The van der Waals surface area contributed by atoms with Gasteiger partial charge in [0.15, 0.2) is 0 Å². The van der Waals surface area contributed by atoms with Gasteiger partial charge in [0.1, 0.15) is 0 Å². The van der Waals surface area contributed by atoms with Crippen LogP contribution in [0.5, 0.6) is 0 Å². The van der Waals surface area contributed by atoms with Crippen LogP contribution in [-0.2, 0) is 0 Å². The molecule has 2 rings (SSSR count). The molecular weight excluding hydrogens is 222 g/mol. The van der Waals surface area contributed by atoms with E-state index in [1.54, 1.807) is 0 Å². The number of aliphatic hydroxyl groups excluding tert-OH is 1. The monoisotopic (exact) mass is 247 g/mol. The summed E-state index contributed by atoms with van der Waals surface area (Å²) in [5.41, 5.74) is 1.35. The lowest BCUT2D eigenvalue weighted by molar-refractivity contribution is 0.127. The predicted octanol–water partition coefficient (Wildman–Crippen LogP) is 3.28. The van der Waals surface area contributed by atoms with E-state index < -0.39 is 6.10 Å². The fourth-order valence-corrected chi connectivity index (χ4v) is 2.92. The van der Waals surface area contributed by atoms with Crippen LogP contribution in [0.4, 0.5) is 0 Å². The Hall–Kier alpha value is -0.860. The Morgan fingerprint density at radius 1 is 1.28 bits per heavy atom. The first-order chi connectivity index (χ1) is 8.59. The first-order valence-corrected chi connectivity index (χ1v) is 7.06. The fraction of sp³-hybridized carbons (Fsp3) is 0.625. The summed E-state index contributed by atoms with van der Waals surface area (Å²) < 4.78 is 0. The average molecular weight is 247 g/mol. The third-order valence-electron chi connectivity index (χ3n) is 4.25. The minimum absolute atomic E-state index is 0.356. The Bertz CT molecular complexity index is 361. The molecule has 0 aliphatic heterocycles. The molecule has 2 heteroatoms. The van der Waals surface area contributed by atoms with Crippen LogP contribution in [0, 0.1) is 5.41 Å². The van der Waals surface area contributed by atoms with Crippen molar-refractivity contribution in [2.24, 2.45) is 5.41 Å². The highest BCUT2D eigenvalue weighted by Crippen LogP contribution is 2.35. The molecule has 1 aliphatic rings. The quantitative estimate of drug-likeness (QED) is 0.856. The van der Waals surface area contributed by atoms with Gasteiger partial charge in [-0.15, -0.1) is 0 Å². The highest BCUT2D eigenvalue weighted by molar-refractivity contribution is 5.17. The van der Waals surface area contributed by atoms with Crippen molar-refractivity contribution in [3.63, 3.8) is 0 Å².